The Labute approximate surface area is 148 Å². The second-order valence-electron chi connectivity index (χ2n) is 7.16. The fourth-order valence-electron chi connectivity index (χ4n) is 3.89. The van der Waals surface area contributed by atoms with Gasteiger partial charge < -0.3 is 9.80 Å². The number of aryl methyl sites for hydroxylation is 1. The number of para-hydroxylation sites is 1. The Kier molecular flexibility index (Phi) is 4.38. The third kappa shape index (κ3) is 3.23. The predicted molar refractivity (Wildman–Crippen MR) is 98.1 cm³/mol. The van der Waals surface area contributed by atoms with Crippen molar-refractivity contribution in [1.29, 1.82) is 0 Å². The number of rotatable bonds is 2. The van der Waals surface area contributed by atoms with E-state index in [0.717, 1.165) is 44.7 Å². The van der Waals surface area contributed by atoms with Gasteiger partial charge in [-0.2, -0.15) is 0 Å². The average molecular weight is 336 g/mol. The number of fused-ring (bicyclic) bond motifs is 1. The number of anilines is 2. The zero-order chi connectivity index (χ0) is 17.2. The summed E-state index contributed by atoms with van der Waals surface area (Å²) in [5, 5.41) is 8.61. The highest BCUT2D eigenvalue weighted by atomic mass is 16.2. The van der Waals surface area contributed by atoms with Crippen LogP contribution >= 0.6 is 0 Å². The molecule has 5 heteroatoms. The lowest BCUT2D eigenvalue weighted by Crippen LogP contribution is -2.39. The van der Waals surface area contributed by atoms with Gasteiger partial charge in [-0.1, -0.05) is 25.1 Å². The molecule has 1 aromatic heterocycles. The summed E-state index contributed by atoms with van der Waals surface area (Å²) in [6, 6.07) is 12.2. The molecule has 2 aliphatic heterocycles. The van der Waals surface area contributed by atoms with Crippen molar-refractivity contribution in [2.45, 2.75) is 32.6 Å². The molecule has 1 fully saturated rings. The predicted octanol–water partition coefficient (Wildman–Crippen LogP) is 3.43. The molecular formula is C20H24N4O. The normalized spacial score (nSPS) is 20.3. The van der Waals surface area contributed by atoms with Crippen molar-refractivity contribution in [3.8, 4) is 0 Å². The Morgan fingerprint density at radius 3 is 2.76 bits per heavy atom. The molecule has 0 aliphatic carbocycles. The smallest absolute Gasteiger partial charge is 0.274 e. The van der Waals surface area contributed by atoms with E-state index in [1.807, 2.05) is 17.0 Å². The van der Waals surface area contributed by atoms with Crippen LogP contribution in [0.3, 0.4) is 0 Å². The number of likely N-dealkylation sites (tertiary alicyclic amines) is 1. The van der Waals surface area contributed by atoms with Crippen molar-refractivity contribution in [3.63, 3.8) is 0 Å². The fraction of sp³-hybridized carbons (Fsp3) is 0.450. The quantitative estimate of drug-likeness (QED) is 0.843. The molecule has 0 spiro atoms. The van der Waals surface area contributed by atoms with E-state index < -0.39 is 0 Å². The zero-order valence-corrected chi connectivity index (χ0v) is 14.7. The number of aromatic nitrogens is 2. The van der Waals surface area contributed by atoms with Gasteiger partial charge in [0.15, 0.2) is 11.5 Å². The second kappa shape index (κ2) is 6.82. The number of piperidine rings is 1. The van der Waals surface area contributed by atoms with Gasteiger partial charge >= 0.3 is 0 Å². The molecule has 1 amide bonds. The summed E-state index contributed by atoms with van der Waals surface area (Å²) in [4.78, 5) is 16.7. The van der Waals surface area contributed by atoms with E-state index in [1.54, 1.807) is 0 Å². The van der Waals surface area contributed by atoms with Gasteiger partial charge in [0.25, 0.3) is 5.91 Å². The Bertz CT molecular complexity index is 759. The molecule has 1 saturated heterocycles. The number of carbonyl (C=O) groups excluding carboxylic acids is 1. The number of benzene rings is 1. The van der Waals surface area contributed by atoms with E-state index >= 15 is 0 Å². The van der Waals surface area contributed by atoms with Crippen LogP contribution in [0.2, 0.25) is 0 Å². The maximum Gasteiger partial charge on any atom is 0.274 e. The first kappa shape index (κ1) is 16.1. The second-order valence-corrected chi connectivity index (χ2v) is 7.16. The molecule has 0 bridgehead atoms. The van der Waals surface area contributed by atoms with Gasteiger partial charge in [-0.25, -0.2) is 0 Å². The average Bonchev–Trinajstić information content (AvgIpc) is 2.67. The van der Waals surface area contributed by atoms with E-state index in [9.17, 15) is 4.79 Å². The van der Waals surface area contributed by atoms with E-state index in [4.69, 9.17) is 0 Å². The van der Waals surface area contributed by atoms with Crippen molar-refractivity contribution in [2.75, 3.05) is 24.5 Å². The summed E-state index contributed by atoms with van der Waals surface area (Å²) >= 11 is 0. The topological polar surface area (TPSA) is 49.3 Å². The monoisotopic (exact) mass is 336 g/mol. The van der Waals surface area contributed by atoms with E-state index in [0.29, 0.717) is 11.6 Å². The maximum absolute atomic E-state index is 12.6. The van der Waals surface area contributed by atoms with Gasteiger partial charge in [0.2, 0.25) is 0 Å². The van der Waals surface area contributed by atoms with Crippen LogP contribution in [0.4, 0.5) is 11.5 Å². The lowest BCUT2D eigenvalue weighted by molar-refractivity contribution is 0.0676. The number of hydrogen-bond donors (Lipinski definition) is 0. The molecule has 2 aromatic rings. The van der Waals surface area contributed by atoms with Crippen LogP contribution in [0.15, 0.2) is 36.4 Å². The first-order chi connectivity index (χ1) is 12.2. The number of carbonyl (C=O) groups is 1. The standard InChI is InChI=1S/C20H24N4O/c1-15-6-4-12-23(14-15)20(25)17-10-11-19(22-21-17)24-13-5-8-16-7-2-3-9-18(16)24/h2-3,7,9-11,15H,4-6,8,12-14H2,1H3. The number of hydrogen-bond acceptors (Lipinski definition) is 4. The molecular weight excluding hydrogens is 312 g/mol. The Balaban J connectivity index is 1.54. The zero-order valence-electron chi connectivity index (χ0n) is 14.7. The van der Waals surface area contributed by atoms with Crippen molar-refractivity contribution >= 4 is 17.4 Å². The summed E-state index contributed by atoms with van der Waals surface area (Å²) in [7, 11) is 0. The Hall–Kier alpha value is -2.43. The van der Waals surface area contributed by atoms with Crippen molar-refractivity contribution < 1.29 is 4.79 Å². The molecule has 4 rings (SSSR count). The van der Waals surface area contributed by atoms with Crippen LogP contribution in [0.5, 0.6) is 0 Å². The van der Waals surface area contributed by atoms with Crippen molar-refractivity contribution in [1.82, 2.24) is 15.1 Å². The van der Waals surface area contributed by atoms with Gasteiger partial charge in [0.1, 0.15) is 0 Å². The van der Waals surface area contributed by atoms with E-state index in [1.165, 1.54) is 17.7 Å². The molecule has 0 saturated carbocycles. The van der Waals surface area contributed by atoms with Gasteiger partial charge in [0.05, 0.1) is 0 Å². The van der Waals surface area contributed by atoms with Gasteiger partial charge in [-0.05, 0) is 55.4 Å². The van der Waals surface area contributed by atoms with Crippen LogP contribution in [0, 0.1) is 5.92 Å². The molecule has 1 aromatic carbocycles. The third-order valence-corrected chi connectivity index (χ3v) is 5.20. The molecule has 1 unspecified atom stereocenters. The summed E-state index contributed by atoms with van der Waals surface area (Å²) in [5.74, 6) is 1.38. The van der Waals surface area contributed by atoms with Crippen LogP contribution in [-0.4, -0.2) is 40.6 Å². The van der Waals surface area contributed by atoms with Gasteiger partial charge in [0, 0.05) is 25.3 Å². The SMILES string of the molecule is CC1CCCN(C(=O)c2ccc(N3CCCc4ccccc43)nn2)C1. The highest BCUT2D eigenvalue weighted by Crippen LogP contribution is 2.31. The van der Waals surface area contributed by atoms with Crippen LogP contribution in [-0.2, 0) is 6.42 Å². The molecule has 1 atom stereocenters. The molecule has 0 radical (unpaired) electrons. The first-order valence-corrected chi connectivity index (χ1v) is 9.21. The highest BCUT2D eigenvalue weighted by molar-refractivity contribution is 5.92. The summed E-state index contributed by atoms with van der Waals surface area (Å²) in [6.07, 6.45) is 4.47. The number of nitrogens with zero attached hydrogens (tertiary/aromatic N) is 4. The minimum absolute atomic E-state index is 0.00430. The van der Waals surface area contributed by atoms with E-state index in [2.05, 4.69) is 46.3 Å². The largest absolute Gasteiger partial charge is 0.337 e. The highest BCUT2D eigenvalue weighted by Gasteiger charge is 2.24. The molecule has 25 heavy (non-hydrogen) atoms. The fourth-order valence-corrected chi connectivity index (χ4v) is 3.89. The summed E-state index contributed by atoms with van der Waals surface area (Å²) < 4.78 is 0. The Morgan fingerprint density at radius 1 is 1.08 bits per heavy atom. The molecule has 2 aliphatic rings. The molecule has 0 N–H and O–H groups in total. The molecule has 130 valence electrons. The maximum atomic E-state index is 12.6. The minimum Gasteiger partial charge on any atom is -0.337 e. The van der Waals surface area contributed by atoms with Crippen LogP contribution < -0.4 is 4.90 Å². The molecule has 3 heterocycles. The van der Waals surface area contributed by atoms with Gasteiger partial charge in [-0.15, -0.1) is 10.2 Å². The van der Waals surface area contributed by atoms with Gasteiger partial charge in [-0.3, -0.25) is 4.79 Å². The van der Waals surface area contributed by atoms with E-state index in [-0.39, 0.29) is 5.91 Å². The van der Waals surface area contributed by atoms with Crippen molar-refractivity contribution in [2.24, 2.45) is 5.92 Å². The minimum atomic E-state index is 0.00430. The number of amides is 1. The van der Waals surface area contributed by atoms with Crippen molar-refractivity contribution in [3.05, 3.63) is 47.7 Å². The third-order valence-electron chi connectivity index (χ3n) is 5.20. The Morgan fingerprint density at radius 2 is 1.96 bits per heavy atom. The lowest BCUT2D eigenvalue weighted by atomic mass is 10.00. The molecule has 5 nitrogen and oxygen atoms in total. The lowest BCUT2D eigenvalue weighted by Gasteiger charge is -2.31. The summed E-state index contributed by atoms with van der Waals surface area (Å²) in [5.41, 5.74) is 2.99. The first-order valence-electron chi connectivity index (χ1n) is 9.21. The summed E-state index contributed by atoms with van der Waals surface area (Å²) in [6.45, 7) is 4.78. The van der Waals surface area contributed by atoms with Crippen LogP contribution in [0.1, 0.15) is 42.2 Å². The van der Waals surface area contributed by atoms with Crippen LogP contribution in [0.25, 0.3) is 0 Å².